The number of aryl methyl sites for hydroxylation is 1. The number of hydrogen-bond donors (Lipinski definition) is 1. The molecule has 0 aliphatic heterocycles. The van der Waals surface area contributed by atoms with Gasteiger partial charge in [0.05, 0.1) is 12.1 Å². The predicted molar refractivity (Wildman–Crippen MR) is 132 cm³/mol. The molecule has 33 heavy (non-hydrogen) atoms. The zero-order chi connectivity index (χ0) is 23.1. The fraction of sp³-hybridized carbons (Fsp3) is 0.0769. The Balaban J connectivity index is 1.81. The third kappa shape index (κ3) is 3.92. The van der Waals surface area contributed by atoms with Crippen LogP contribution in [-0.2, 0) is 6.54 Å². The van der Waals surface area contributed by atoms with Gasteiger partial charge in [0.1, 0.15) is 10.3 Å². The first-order valence-electron chi connectivity index (χ1n) is 10.2. The average Bonchev–Trinajstić information content (AvgIpc) is 2.80. The Kier molecular flexibility index (Phi) is 5.48. The number of aromatic hydroxyl groups is 1. The summed E-state index contributed by atoms with van der Waals surface area (Å²) in [6.45, 7) is 2.24. The maximum absolute atomic E-state index is 13.7. The Morgan fingerprint density at radius 3 is 2.55 bits per heavy atom. The molecule has 3 aromatic carbocycles. The summed E-state index contributed by atoms with van der Waals surface area (Å²) in [7, 11) is 0. The van der Waals surface area contributed by atoms with E-state index >= 15 is 0 Å². The Hall–Kier alpha value is -3.48. The molecule has 0 unspecified atom stereocenters. The van der Waals surface area contributed by atoms with Crippen molar-refractivity contribution in [3.63, 3.8) is 0 Å². The molecule has 5 aromatic rings. The zero-order valence-electron chi connectivity index (χ0n) is 17.5. The third-order valence-electron chi connectivity index (χ3n) is 5.41. The first kappa shape index (κ1) is 21.4. The molecule has 0 aliphatic carbocycles. The Morgan fingerprint density at radius 2 is 1.79 bits per heavy atom. The number of pyridine rings is 1. The van der Waals surface area contributed by atoms with E-state index < -0.39 is 11.2 Å². The number of nitrogens with zero attached hydrogens (tertiary/aromatic N) is 1. The normalized spacial score (nSPS) is 11.3. The minimum Gasteiger partial charge on any atom is -0.505 e. The van der Waals surface area contributed by atoms with E-state index in [-0.39, 0.29) is 21.6 Å². The van der Waals surface area contributed by atoms with Crippen molar-refractivity contribution < 1.29 is 9.52 Å². The maximum atomic E-state index is 13.7. The smallest absolute Gasteiger partial charge is 0.354 e. The van der Waals surface area contributed by atoms with E-state index in [1.807, 2.05) is 49.4 Å². The summed E-state index contributed by atoms with van der Waals surface area (Å²) in [5.41, 5.74) is 1.47. The highest BCUT2D eigenvalue weighted by Crippen LogP contribution is 2.37. The van der Waals surface area contributed by atoms with Crippen LogP contribution in [0.15, 0.2) is 96.6 Å². The van der Waals surface area contributed by atoms with Crippen molar-refractivity contribution >= 4 is 45.2 Å². The van der Waals surface area contributed by atoms with Gasteiger partial charge in [-0.25, -0.2) is 4.79 Å². The van der Waals surface area contributed by atoms with E-state index in [9.17, 15) is 14.7 Å². The number of rotatable bonds is 4. The molecule has 0 bridgehead atoms. The van der Waals surface area contributed by atoms with Gasteiger partial charge in [0.25, 0.3) is 5.56 Å². The van der Waals surface area contributed by atoms with Crippen LogP contribution in [0.2, 0.25) is 5.02 Å². The van der Waals surface area contributed by atoms with Crippen LogP contribution in [0.5, 0.6) is 5.75 Å². The number of hydrogen-bond acceptors (Lipinski definition) is 5. The summed E-state index contributed by atoms with van der Waals surface area (Å²) in [5, 5.41) is 12.2. The SMILES string of the molecule is Cc1ccc2c3oc(=O)c(Sc4cccc(Cl)c4)c(O)c3c(=O)n(Cc3ccccc3)c2c1. The Labute approximate surface area is 197 Å². The molecule has 0 saturated carbocycles. The first-order valence-corrected chi connectivity index (χ1v) is 11.4. The van der Waals surface area contributed by atoms with Gasteiger partial charge in [-0.1, -0.05) is 65.8 Å². The molecule has 0 radical (unpaired) electrons. The molecule has 5 nitrogen and oxygen atoms in total. The van der Waals surface area contributed by atoms with Crippen molar-refractivity contribution in [2.45, 2.75) is 23.3 Å². The molecule has 1 N–H and O–H groups in total. The van der Waals surface area contributed by atoms with Crippen LogP contribution in [0.3, 0.4) is 0 Å². The first-order chi connectivity index (χ1) is 15.9. The van der Waals surface area contributed by atoms with E-state index in [1.54, 1.807) is 34.9 Å². The molecule has 5 rings (SSSR count). The quantitative estimate of drug-likeness (QED) is 0.324. The Bertz CT molecular complexity index is 1640. The van der Waals surface area contributed by atoms with E-state index in [2.05, 4.69) is 0 Å². The van der Waals surface area contributed by atoms with Gasteiger partial charge >= 0.3 is 5.63 Å². The lowest BCUT2D eigenvalue weighted by atomic mass is 10.1. The van der Waals surface area contributed by atoms with Gasteiger partial charge in [0, 0.05) is 15.3 Å². The van der Waals surface area contributed by atoms with Crippen LogP contribution in [0, 0.1) is 6.92 Å². The lowest BCUT2D eigenvalue weighted by Crippen LogP contribution is -2.23. The fourth-order valence-corrected chi connectivity index (χ4v) is 5.01. The highest BCUT2D eigenvalue weighted by molar-refractivity contribution is 7.99. The second-order valence-electron chi connectivity index (χ2n) is 7.73. The van der Waals surface area contributed by atoms with Crippen LogP contribution >= 0.6 is 23.4 Å². The third-order valence-corrected chi connectivity index (χ3v) is 6.70. The second kappa shape index (κ2) is 8.46. The molecular weight excluding hydrogens is 458 g/mol. The van der Waals surface area contributed by atoms with Crippen molar-refractivity contribution in [2.24, 2.45) is 0 Å². The number of benzene rings is 3. The van der Waals surface area contributed by atoms with Gasteiger partial charge in [-0.3, -0.25) is 4.79 Å². The molecule has 164 valence electrons. The van der Waals surface area contributed by atoms with Gasteiger partial charge in [-0.2, -0.15) is 0 Å². The minimum absolute atomic E-state index is 0.0218. The summed E-state index contributed by atoms with van der Waals surface area (Å²) in [6, 6.07) is 22.0. The van der Waals surface area contributed by atoms with Crippen molar-refractivity contribution in [1.29, 1.82) is 0 Å². The summed E-state index contributed by atoms with van der Waals surface area (Å²) < 4.78 is 7.24. The molecule has 7 heteroatoms. The van der Waals surface area contributed by atoms with Crippen LogP contribution in [-0.4, -0.2) is 9.67 Å². The largest absolute Gasteiger partial charge is 0.505 e. The summed E-state index contributed by atoms with van der Waals surface area (Å²) in [4.78, 5) is 27.1. The van der Waals surface area contributed by atoms with Gasteiger partial charge in [0.2, 0.25) is 0 Å². The highest BCUT2D eigenvalue weighted by atomic mass is 35.5. The van der Waals surface area contributed by atoms with Gasteiger partial charge in [0.15, 0.2) is 11.3 Å². The van der Waals surface area contributed by atoms with Crippen molar-refractivity contribution in [1.82, 2.24) is 4.57 Å². The van der Waals surface area contributed by atoms with Gasteiger partial charge < -0.3 is 14.1 Å². The van der Waals surface area contributed by atoms with Crippen LogP contribution in [0.25, 0.3) is 21.9 Å². The molecule has 2 heterocycles. The van der Waals surface area contributed by atoms with Crippen molar-refractivity contribution in [3.8, 4) is 5.75 Å². The topological polar surface area (TPSA) is 72.4 Å². The van der Waals surface area contributed by atoms with Gasteiger partial charge in [-0.15, -0.1) is 0 Å². The minimum atomic E-state index is -0.716. The highest BCUT2D eigenvalue weighted by Gasteiger charge is 2.22. The molecular formula is C26H18ClNO4S. The maximum Gasteiger partial charge on any atom is 0.354 e. The number of aromatic nitrogens is 1. The molecule has 0 atom stereocenters. The van der Waals surface area contributed by atoms with E-state index in [1.165, 1.54) is 0 Å². The summed E-state index contributed by atoms with van der Waals surface area (Å²) >= 11 is 7.06. The second-order valence-corrected chi connectivity index (χ2v) is 9.25. The average molecular weight is 476 g/mol. The molecule has 0 amide bonds. The number of fused-ring (bicyclic) bond motifs is 3. The van der Waals surface area contributed by atoms with E-state index in [0.29, 0.717) is 27.4 Å². The molecule has 0 spiro atoms. The molecule has 0 aliphatic rings. The summed E-state index contributed by atoms with van der Waals surface area (Å²) in [5.74, 6) is -0.388. The molecule has 0 fully saturated rings. The fourth-order valence-electron chi connectivity index (χ4n) is 3.86. The van der Waals surface area contributed by atoms with Crippen molar-refractivity contribution in [2.75, 3.05) is 0 Å². The van der Waals surface area contributed by atoms with E-state index in [0.717, 1.165) is 22.9 Å². The number of halogens is 1. The standard InChI is InChI=1S/C26H18ClNO4S/c1-15-10-11-19-20(12-15)28(14-16-6-3-2-4-7-16)25(30)21-22(29)24(26(31)32-23(19)21)33-18-9-5-8-17(27)13-18/h2-13,29H,14H2,1H3. The zero-order valence-corrected chi connectivity index (χ0v) is 19.1. The Morgan fingerprint density at radius 1 is 1.00 bits per heavy atom. The van der Waals surface area contributed by atoms with Crippen LogP contribution in [0.4, 0.5) is 0 Å². The van der Waals surface area contributed by atoms with Gasteiger partial charge in [-0.05, 0) is 48.4 Å². The summed E-state index contributed by atoms with van der Waals surface area (Å²) in [6.07, 6.45) is 0. The van der Waals surface area contributed by atoms with Crippen molar-refractivity contribution in [3.05, 3.63) is 110 Å². The molecule has 0 saturated heterocycles. The molecule has 2 aromatic heterocycles. The lowest BCUT2D eigenvalue weighted by molar-refractivity contribution is 0.446. The van der Waals surface area contributed by atoms with Crippen LogP contribution in [0.1, 0.15) is 11.1 Å². The lowest BCUT2D eigenvalue weighted by Gasteiger charge is -2.15. The predicted octanol–water partition coefficient (Wildman–Crippen LogP) is 5.97. The monoisotopic (exact) mass is 475 g/mol. The van der Waals surface area contributed by atoms with Crippen LogP contribution < -0.4 is 11.2 Å². The van der Waals surface area contributed by atoms with E-state index in [4.69, 9.17) is 16.0 Å².